The summed E-state index contributed by atoms with van der Waals surface area (Å²) in [5, 5.41) is 14.8. The first kappa shape index (κ1) is 22.6. The van der Waals surface area contributed by atoms with Crippen molar-refractivity contribution in [3.8, 4) is 0 Å². The van der Waals surface area contributed by atoms with Gasteiger partial charge in [-0.1, -0.05) is 67.6 Å². The molecule has 31 heavy (non-hydrogen) atoms. The zero-order valence-corrected chi connectivity index (χ0v) is 19.0. The fourth-order valence-corrected chi connectivity index (χ4v) is 3.76. The molecule has 162 valence electrons. The average molecular weight is 438 g/mol. The summed E-state index contributed by atoms with van der Waals surface area (Å²) in [4.78, 5) is 25.2. The van der Waals surface area contributed by atoms with E-state index in [1.54, 1.807) is 24.3 Å². The van der Waals surface area contributed by atoms with Crippen LogP contribution in [0.5, 0.6) is 0 Å². The fraction of sp³-hybridized carbons (Fsp3) is 0.304. The van der Waals surface area contributed by atoms with Crippen LogP contribution in [0.1, 0.15) is 47.1 Å². The number of hydrogen-bond acceptors (Lipinski definition) is 5. The number of benzene rings is 2. The van der Waals surface area contributed by atoms with Gasteiger partial charge in [-0.05, 0) is 24.6 Å². The van der Waals surface area contributed by atoms with Crippen LogP contribution in [-0.2, 0) is 18.4 Å². The molecule has 0 spiro atoms. The summed E-state index contributed by atoms with van der Waals surface area (Å²) in [6.45, 7) is 6.53. The van der Waals surface area contributed by atoms with E-state index in [2.05, 4.69) is 20.8 Å². The molecule has 1 heterocycles. The highest BCUT2D eigenvalue weighted by atomic mass is 32.2. The maximum absolute atomic E-state index is 12.7. The zero-order valence-electron chi connectivity index (χ0n) is 18.2. The first-order valence-electron chi connectivity index (χ1n) is 10.1. The van der Waals surface area contributed by atoms with Crippen molar-refractivity contribution in [1.82, 2.24) is 20.1 Å². The molecule has 0 fully saturated rings. The SMILES string of the molecule is Cc1ccc(CNC(=O)c2ccccc2NC(=O)CSc2nnc(C(C)C)n2C)cc1. The molecule has 7 nitrogen and oxygen atoms in total. The second-order valence-corrected chi connectivity index (χ2v) is 8.55. The van der Waals surface area contributed by atoms with Crippen molar-refractivity contribution >= 4 is 29.3 Å². The number of nitrogens with zero attached hydrogens (tertiary/aromatic N) is 3. The number of para-hydroxylation sites is 1. The third-order valence-corrected chi connectivity index (χ3v) is 5.76. The van der Waals surface area contributed by atoms with E-state index in [0.717, 1.165) is 11.4 Å². The summed E-state index contributed by atoms with van der Waals surface area (Å²) in [5.41, 5.74) is 3.09. The summed E-state index contributed by atoms with van der Waals surface area (Å²) in [7, 11) is 1.89. The van der Waals surface area contributed by atoms with E-state index in [0.29, 0.717) is 23.0 Å². The van der Waals surface area contributed by atoms with Crippen LogP contribution in [0.15, 0.2) is 53.7 Å². The van der Waals surface area contributed by atoms with E-state index in [1.165, 1.54) is 17.3 Å². The molecule has 2 amide bonds. The van der Waals surface area contributed by atoms with Gasteiger partial charge in [-0.2, -0.15) is 0 Å². The number of nitrogens with one attached hydrogen (secondary N) is 2. The van der Waals surface area contributed by atoms with Gasteiger partial charge in [0, 0.05) is 19.5 Å². The Morgan fingerprint density at radius 2 is 1.77 bits per heavy atom. The van der Waals surface area contributed by atoms with Crippen LogP contribution in [0.3, 0.4) is 0 Å². The summed E-state index contributed by atoms with van der Waals surface area (Å²) >= 11 is 1.31. The molecule has 3 aromatic rings. The van der Waals surface area contributed by atoms with Crippen molar-refractivity contribution in [3.63, 3.8) is 0 Å². The Morgan fingerprint density at radius 1 is 1.06 bits per heavy atom. The monoisotopic (exact) mass is 437 g/mol. The lowest BCUT2D eigenvalue weighted by molar-refractivity contribution is -0.113. The first-order valence-corrected chi connectivity index (χ1v) is 11.1. The number of thioether (sulfide) groups is 1. The second-order valence-electron chi connectivity index (χ2n) is 7.61. The topological polar surface area (TPSA) is 88.9 Å². The lowest BCUT2D eigenvalue weighted by atomic mass is 10.1. The third kappa shape index (κ3) is 5.95. The van der Waals surface area contributed by atoms with Crippen LogP contribution in [-0.4, -0.2) is 32.3 Å². The molecule has 0 aliphatic heterocycles. The Balaban J connectivity index is 1.59. The zero-order chi connectivity index (χ0) is 22.4. The highest BCUT2D eigenvalue weighted by Crippen LogP contribution is 2.21. The molecule has 8 heteroatoms. The molecule has 3 rings (SSSR count). The Labute approximate surface area is 186 Å². The number of carbonyl (C=O) groups excluding carboxylic acids is 2. The Bertz CT molecular complexity index is 1060. The van der Waals surface area contributed by atoms with Gasteiger partial charge in [0.25, 0.3) is 5.91 Å². The molecule has 0 bridgehead atoms. The number of aromatic nitrogens is 3. The van der Waals surface area contributed by atoms with Gasteiger partial charge in [-0.25, -0.2) is 0 Å². The summed E-state index contributed by atoms with van der Waals surface area (Å²) in [6, 6.07) is 15.0. The average Bonchev–Trinajstić information content (AvgIpc) is 3.12. The van der Waals surface area contributed by atoms with Crippen LogP contribution < -0.4 is 10.6 Å². The first-order chi connectivity index (χ1) is 14.8. The number of amides is 2. The van der Waals surface area contributed by atoms with E-state index in [1.807, 2.05) is 56.7 Å². The maximum Gasteiger partial charge on any atom is 0.253 e. The molecular formula is C23H27N5O2S. The molecule has 0 saturated carbocycles. The van der Waals surface area contributed by atoms with E-state index in [9.17, 15) is 9.59 Å². The van der Waals surface area contributed by atoms with Gasteiger partial charge in [-0.15, -0.1) is 10.2 Å². The number of carbonyl (C=O) groups is 2. The van der Waals surface area contributed by atoms with Crippen LogP contribution in [0.2, 0.25) is 0 Å². The van der Waals surface area contributed by atoms with Crippen molar-refractivity contribution < 1.29 is 9.59 Å². The Hall–Kier alpha value is -3.13. The standard InChI is InChI=1S/C23H27N5O2S/c1-15(2)21-26-27-23(28(21)4)31-14-20(29)25-19-8-6-5-7-18(19)22(30)24-13-17-11-9-16(3)10-12-17/h5-12,15H,13-14H2,1-4H3,(H,24,30)(H,25,29). The predicted octanol–water partition coefficient (Wildman–Crippen LogP) is 3.91. The van der Waals surface area contributed by atoms with Crippen molar-refractivity contribution in [3.05, 3.63) is 71.0 Å². The highest BCUT2D eigenvalue weighted by Gasteiger charge is 2.16. The molecule has 0 aliphatic rings. The lowest BCUT2D eigenvalue weighted by Crippen LogP contribution is -2.25. The predicted molar refractivity (Wildman–Crippen MR) is 123 cm³/mol. The van der Waals surface area contributed by atoms with Gasteiger partial charge in [0.05, 0.1) is 17.0 Å². The van der Waals surface area contributed by atoms with E-state index in [4.69, 9.17) is 0 Å². The van der Waals surface area contributed by atoms with Crippen molar-refractivity contribution in [2.75, 3.05) is 11.1 Å². The molecule has 0 aliphatic carbocycles. The van der Waals surface area contributed by atoms with Crippen LogP contribution >= 0.6 is 11.8 Å². The third-order valence-electron chi connectivity index (χ3n) is 4.74. The quantitative estimate of drug-likeness (QED) is 0.522. The van der Waals surface area contributed by atoms with Gasteiger partial charge >= 0.3 is 0 Å². The number of hydrogen-bond donors (Lipinski definition) is 2. The number of aryl methyl sites for hydroxylation is 1. The van der Waals surface area contributed by atoms with Crippen LogP contribution in [0.4, 0.5) is 5.69 Å². The Morgan fingerprint density at radius 3 is 2.45 bits per heavy atom. The minimum Gasteiger partial charge on any atom is -0.348 e. The molecule has 0 saturated heterocycles. The van der Waals surface area contributed by atoms with Gasteiger partial charge < -0.3 is 15.2 Å². The summed E-state index contributed by atoms with van der Waals surface area (Å²) in [5.74, 6) is 0.852. The molecule has 0 unspecified atom stereocenters. The highest BCUT2D eigenvalue weighted by molar-refractivity contribution is 7.99. The maximum atomic E-state index is 12.7. The van der Waals surface area contributed by atoms with E-state index < -0.39 is 0 Å². The number of rotatable bonds is 8. The minimum absolute atomic E-state index is 0.170. The molecule has 2 N–H and O–H groups in total. The fourth-order valence-electron chi connectivity index (χ4n) is 3.04. The van der Waals surface area contributed by atoms with E-state index in [-0.39, 0.29) is 23.5 Å². The Kier molecular flexibility index (Phi) is 7.46. The van der Waals surface area contributed by atoms with Crippen LogP contribution in [0, 0.1) is 6.92 Å². The van der Waals surface area contributed by atoms with Gasteiger partial charge in [0.2, 0.25) is 5.91 Å². The van der Waals surface area contributed by atoms with Crippen molar-refractivity contribution in [2.45, 2.75) is 38.4 Å². The normalized spacial score (nSPS) is 10.9. The number of anilines is 1. The van der Waals surface area contributed by atoms with Crippen molar-refractivity contribution in [2.24, 2.45) is 7.05 Å². The van der Waals surface area contributed by atoms with E-state index >= 15 is 0 Å². The molecule has 0 radical (unpaired) electrons. The minimum atomic E-state index is -0.237. The van der Waals surface area contributed by atoms with Gasteiger partial charge in [-0.3, -0.25) is 9.59 Å². The molecule has 1 aromatic heterocycles. The summed E-state index contributed by atoms with van der Waals surface area (Å²) < 4.78 is 1.90. The molecule has 2 aromatic carbocycles. The van der Waals surface area contributed by atoms with Crippen LogP contribution in [0.25, 0.3) is 0 Å². The van der Waals surface area contributed by atoms with Gasteiger partial charge in [0.15, 0.2) is 5.16 Å². The second kappa shape index (κ2) is 10.3. The van der Waals surface area contributed by atoms with Gasteiger partial charge in [0.1, 0.15) is 5.82 Å². The lowest BCUT2D eigenvalue weighted by Gasteiger charge is -2.12. The largest absolute Gasteiger partial charge is 0.348 e. The smallest absolute Gasteiger partial charge is 0.253 e. The molecular weight excluding hydrogens is 410 g/mol. The summed E-state index contributed by atoms with van der Waals surface area (Å²) in [6.07, 6.45) is 0. The molecule has 0 atom stereocenters. The van der Waals surface area contributed by atoms with Crippen molar-refractivity contribution in [1.29, 1.82) is 0 Å².